The van der Waals surface area contributed by atoms with Crippen molar-refractivity contribution in [2.45, 2.75) is 35.1 Å². The molecular formula is C21H14Cl3F5N2O2. The number of carbonyl (C=O) groups excluding carboxylic acids is 2. The highest BCUT2D eigenvalue weighted by Crippen LogP contribution is 2.65. The van der Waals surface area contributed by atoms with Crippen LogP contribution in [0.3, 0.4) is 0 Å². The summed E-state index contributed by atoms with van der Waals surface area (Å²) < 4.78 is 64.7. The van der Waals surface area contributed by atoms with Crippen LogP contribution in [0.5, 0.6) is 0 Å². The molecular weight excluding hydrogens is 514 g/mol. The van der Waals surface area contributed by atoms with Crippen LogP contribution in [0, 0.1) is 23.4 Å². The SMILES string of the molecule is O=C(NC1CC(F)(F)C1)c1cc(NC(=O)[C@H]2[C@H](c3cc(F)c(F)c(F)c3)C2(Cl)Cl)ccc1Cl. The molecule has 0 bridgehead atoms. The molecule has 0 aliphatic heterocycles. The molecule has 33 heavy (non-hydrogen) atoms. The van der Waals surface area contributed by atoms with Crippen molar-refractivity contribution in [1.29, 1.82) is 0 Å². The molecule has 2 saturated carbocycles. The zero-order valence-electron chi connectivity index (χ0n) is 16.4. The summed E-state index contributed by atoms with van der Waals surface area (Å²) in [6, 6.07) is 4.68. The summed E-state index contributed by atoms with van der Waals surface area (Å²) in [4.78, 5) is 25.1. The topological polar surface area (TPSA) is 58.2 Å². The first-order chi connectivity index (χ1) is 15.3. The number of anilines is 1. The van der Waals surface area contributed by atoms with E-state index < -0.39 is 70.2 Å². The molecule has 2 aromatic rings. The predicted molar refractivity (Wildman–Crippen MR) is 113 cm³/mol. The Bertz CT molecular complexity index is 1130. The summed E-state index contributed by atoms with van der Waals surface area (Å²) in [5.41, 5.74) is -0.0209. The van der Waals surface area contributed by atoms with Gasteiger partial charge in [-0.2, -0.15) is 0 Å². The van der Waals surface area contributed by atoms with Crippen molar-refractivity contribution in [2.24, 2.45) is 5.92 Å². The Morgan fingerprint density at radius 2 is 1.61 bits per heavy atom. The van der Waals surface area contributed by atoms with Crippen LogP contribution < -0.4 is 10.6 Å². The van der Waals surface area contributed by atoms with Crippen molar-refractivity contribution in [1.82, 2.24) is 5.32 Å². The lowest BCUT2D eigenvalue weighted by Crippen LogP contribution is -2.50. The molecule has 2 atom stereocenters. The smallest absolute Gasteiger partial charge is 0.253 e. The Morgan fingerprint density at radius 1 is 1.00 bits per heavy atom. The van der Waals surface area contributed by atoms with Gasteiger partial charge in [0.05, 0.1) is 16.5 Å². The summed E-state index contributed by atoms with van der Waals surface area (Å²) in [6.45, 7) is 0. The zero-order valence-corrected chi connectivity index (χ0v) is 18.6. The third-order valence-electron chi connectivity index (χ3n) is 5.61. The minimum absolute atomic E-state index is 0.0298. The Morgan fingerprint density at radius 3 is 2.18 bits per heavy atom. The number of halogens is 8. The summed E-state index contributed by atoms with van der Waals surface area (Å²) >= 11 is 18.3. The first kappa shape index (κ1) is 24.0. The third kappa shape index (κ3) is 4.63. The van der Waals surface area contributed by atoms with E-state index in [9.17, 15) is 31.5 Å². The number of alkyl halides is 4. The number of rotatable bonds is 5. The van der Waals surface area contributed by atoms with Crippen LogP contribution in [-0.2, 0) is 4.79 Å². The summed E-state index contributed by atoms with van der Waals surface area (Å²) in [5.74, 6) is -10.9. The van der Waals surface area contributed by atoms with Crippen molar-refractivity contribution in [3.63, 3.8) is 0 Å². The molecule has 0 unspecified atom stereocenters. The van der Waals surface area contributed by atoms with Gasteiger partial charge in [0.1, 0.15) is 4.33 Å². The van der Waals surface area contributed by atoms with Gasteiger partial charge in [0, 0.05) is 30.5 Å². The van der Waals surface area contributed by atoms with Gasteiger partial charge in [-0.05, 0) is 35.9 Å². The Balaban J connectivity index is 1.47. The van der Waals surface area contributed by atoms with E-state index in [4.69, 9.17) is 34.8 Å². The van der Waals surface area contributed by atoms with Crippen molar-refractivity contribution in [2.75, 3.05) is 5.32 Å². The molecule has 0 aromatic heterocycles. The van der Waals surface area contributed by atoms with E-state index in [1.807, 2.05) is 0 Å². The van der Waals surface area contributed by atoms with Crippen LogP contribution in [0.4, 0.5) is 27.6 Å². The molecule has 2 aliphatic rings. The normalized spacial score (nSPS) is 22.9. The number of nitrogens with one attached hydrogen (secondary N) is 2. The standard InChI is InChI=1S/C21H14Cl3F5N2O2/c22-12-2-1-9(5-11(12)18(32)31-10-6-20(28,29)7-10)30-19(33)16-15(21(16,23)24)8-3-13(25)17(27)14(26)4-8/h1-5,10,15-16H,6-7H2,(H,30,33)(H,31,32)/t15-,16+/m0/s1. The number of amides is 2. The number of hydrogen-bond acceptors (Lipinski definition) is 2. The Hall–Kier alpha value is -2.10. The van der Waals surface area contributed by atoms with Crippen LogP contribution in [-0.4, -0.2) is 28.1 Å². The van der Waals surface area contributed by atoms with Gasteiger partial charge in [-0.25, -0.2) is 22.0 Å². The fraction of sp³-hybridized carbons (Fsp3) is 0.333. The van der Waals surface area contributed by atoms with E-state index in [0.29, 0.717) is 12.1 Å². The first-order valence-corrected chi connectivity index (χ1v) is 10.7. The van der Waals surface area contributed by atoms with Crippen LogP contribution in [0.25, 0.3) is 0 Å². The molecule has 2 N–H and O–H groups in total. The highest BCUT2D eigenvalue weighted by atomic mass is 35.5. The van der Waals surface area contributed by atoms with E-state index in [1.54, 1.807) is 0 Å². The highest BCUT2D eigenvalue weighted by molar-refractivity contribution is 6.53. The average Bonchev–Trinajstić information content (AvgIpc) is 3.27. The second-order valence-corrected chi connectivity index (χ2v) is 9.90. The van der Waals surface area contributed by atoms with Crippen molar-refractivity contribution in [3.05, 3.63) is 63.9 Å². The molecule has 2 fully saturated rings. The molecule has 176 valence electrons. The van der Waals surface area contributed by atoms with E-state index in [0.717, 1.165) is 0 Å². The van der Waals surface area contributed by atoms with Gasteiger partial charge in [0.2, 0.25) is 5.91 Å². The minimum atomic E-state index is -2.82. The average molecular weight is 528 g/mol. The lowest BCUT2D eigenvalue weighted by molar-refractivity contribution is -0.117. The molecule has 2 aromatic carbocycles. The Labute approximate surface area is 199 Å². The molecule has 2 aliphatic carbocycles. The Kier molecular flexibility index (Phi) is 6.04. The maximum absolute atomic E-state index is 13.6. The van der Waals surface area contributed by atoms with Crippen molar-refractivity contribution < 1.29 is 31.5 Å². The fourth-order valence-electron chi connectivity index (χ4n) is 3.85. The van der Waals surface area contributed by atoms with Crippen LogP contribution in [0.2, 0.25) is 5.02 Å². The quantitative estimate of drug-likeness (QED) is 0.293. The number of benzene rings is 2. The maximum Gasteiger partial charge on any atom is 0.253 e. The van der Waals surface area contributed by atoms with Gasteiger partial charge in [-0.15, -0.1) is 23.2 Å². The first-order valence-electron chi connectivity index (χ1n) is 9.61. The van der Waals surface area contributed by atoms with E-state index in [2.05, 4.69) is 10.6 Å². The summed E-state index contributed by atoms with van der Waals surface area (Å²) in [5, 5.41) is 4.96. The van der Waals surface area contributed by atoms with Gasteiger partial charge in [-0.1, -0.05) is 11.6 Å². The van der Waals surface area contributed by atoms with Gasteiger partial charge in [0.15, 0.2) is 17.5 Å². The van der Waals surface area contributed by atoms with E-state index >= 15 is 0 Å². The van der Waals surface area contributed by atoms with Gasteiger partial charge >= 0.3 is 0 Å². The molecule has 0 radical (unpaired) electrons. The highest BCUT2D eigenvalue weighted by Gasteiger charge is 2.67. The van der Waals surface area contributed by atoms with Gasteiger partial charge in [-0.3, -0.25) is 9.59 Å². The molecule has 2 amide bonds. The van der Waals surface area contributed by atoms with Gasteiger partial charge < -0.3 is 10.6 Å². The monoisotopic (exact) mass is 526 g/mol. The van der Waals surface area contributed by atoms with Crippen molar-refractivity contribution in [3.8, 4) is 0 Å². The van der Waals surface area contributed by atoms with Crippen molar-refractivity contribution >= 4 is 52.3 Å². The number of carbonyl (C=O) groups is 2. The van der Waals surface area contributed by atoms with Crippen LogP contribution >= 0.6 is 34.8 Å². The molecule has 0 spiro atoms. The molecule has 4 nitrogen and oxygen atoms in total. The molecule has 12 heteroatoms. The second kappa shape index (κ2) is 8.29. The van der Waals surface area contributed by atoms with Gasteiger partial charge in [0.25, 0.3) is 11.8 Å². The third-order valence-corrected chi connectivity index (χ3v) is 6.88. The predicted octanol–water partition coefficient (Wildman–Crippen LogP) is 5.81. The molecule has 4 rings (SSSR count). The van der Waals surface area contributed by atoms with Crippen LogP contribution in [0.1, 0.15) is 34.7 Å². The lowest BCUT2D eigenvalue weighted by atomic mass is 9.88. The van der Waals surface area contributed by atoms with E-state index in [1.165, 1.54) is 18.2 Å². The largest absolute Gasteiger partial charge is 0.349 e. The fourth-order valence-corrected chi connectivity index (χ4v) is 4.88. The molecule has 0 saturated heterocycles. The maximum atomic E-state index is 13.6. The number of hydrogen-bond donors (Lipinski definition) is 2. The van der Waals surface area contributed by atoms with E-state index in [-0.39, 0.29) is 21.8 Å². The minimum Gasteiger partial charge on any atom is -0.349 e. The lowest BCUT2D eigenvalue weighted by Gasteiger charge is -2.35. The summed E-state index contributed by atoms with van der Waals surface area (Å²) in [7, 11) is 0. The second-order valence-electron chi connectivity index (χ2n) is 8.05. The van der Waals surface area contributed by atoms with Crippen LogP contribution in [0.15, 0.2) is 30.3 Å². The molecule has 0 heterocycles. The summed E-state index contributed by atoms with van der Waals surface area (Å²) in [6.07, 6.45) is -0.956. The zero-order chi connectivity index (χ0) is 24.3.